The molecule has 0 N–H and O–H groups in total. The molecule has 0 fully saturated rings. The van der Waals surface area contributed by atoms with Gasteiger partial charge in [0.2, 0.25) is 29.1 Å². The zero-order chi connectivity index (χ0) is 42.2. The smallest absolute Gasteiger partial charge is 0.517 e. The molecule has 34 heteroatoms. The highest BCUT2D eigenvalue weighted by Crippen LogP contribution is 2.65. The van der Waals surface area contributed by atoms with Gasteiger partial charge in [0.25, 0.3) is 3.57 Å². The van der Waals surface area contributed by atoms with E-state index in [0.29, 0.717) is 0 Å². The van der Waals surface area contributed by atoms with Gasteiger partial charge in [0.15, 0.2) is 10.1 Å². The van der Waals surface area contributed by atoms with E-state index in [1.807, 2.05) is 0 Å². The van der Waals surface area contributed by atoms with Crippen molar-refractivity contribution in [3.8, 4) is 0 Å². The minimum atomic E-state index is -9.44. The van der Waals surface area contributed by atoms with Crippen molar-refractivity contribution in [1.29, 1.82) is 0 Å². The zero-order valence-electron chi connectivity index (χ0n) is 21.5. The van der Waals surface area contributed by atoms with Gasteiger partial charge in [-0.1, -0.05) is 0 Å². The van der Waals surface area contributed by atoms with Crippen molar-refractivity contribution >= 4 is 10.1 Å². The molecule has 0 aliphatic rings. The zero-order valence-corrected chi connectivity index (χ0v) is 24.4. The van der Waals surface area contributed by atoms with Crippen molar-refractivity contribution in [2.24, 2.45) is 0 Å². The molecule has 0 saturated heterocycles. The third kappa shape index (κ3) is 7.36. The lowest BCUT2D eigenvalue weighted by atomic mass is 9.87. The van der Waals surface area contributed by atoms with Crippen LogP contribution in [0.3, 0.4) is 0 Å². The molecule has 3 nitrogen and oxygen atoms in total. The van der Waals surface area contributed by atoms with E-state index in [2.05, 4.69) is 0 Å². The molecular weight excluding hydrogens is 962 g/mol. The molecule has 0 aromatic heterocycles. The molecule has 0 atom stereocenters. The van der Waals surface area contributed by atoms with E-state index < -0.39 is 127 Å². The summed E-state index contributed by atoms with van der Waals surface area (Å²) in [6.45, 7) is 0. The van der Waals surface area contributed by atoms with Gasteiger partial charge < -0.3 is 4.55 Å². The first-order chi connectivity index (χ1) is 21.6. The maximum Gasteiger partial charge on any atom is 0.517 e. The van der Waals surface area contributed by atoms with Crippen LogP contribution in [-0.4, -0.2) is 76.0 Å². The second kappa shape index (κ2) is 13.3. The van der Waals surface area contributed by atoms with Gasteiger partial charge >= 0.3 is 84.2 Å². The molecule has 302 valence electrons. The molecule has 1 aromatic rings. The van der Waals surface area contributed by atoms with Crippen molar-refractivity contribution in [1.82, 2.24) is 0 Å². The molecule has 0 heterocycles. The average molecular weight is 962 g/mol. The van der Waals surface area contributed by atoms with Crippen LogP contribution in [0.25, 0.3) is 0 Å². The summed E-state index contributed by atoms with van der Waals surface area (Å²) in [6, 6.07) is 0. The van der Waals surface area contributed by atoms with E-state index in [4.69, 9.17) is 13.0 Å². The van der Waals surface area contributed by atoms with E-state index in [0.717, 1.165) is 0 Å². The van der Waals surface area contributed by atoms with E-state index in [1.54, 1.807) is 0 Å². The average Bonchev–Trinajstić information content (AvgIpc) is 2.90. The van der Waals surface area contributed by atoms with Gasteiger partial charge in [0.1, 0.15) is 0 Å². The second-order valence-electron chi connectivity index (χ2n) is 8.47. The third-order valence-corrected chi connectivity index (χ3v) is 8.53. The molecule has 0 unspecified atom stereocenters. The lowest BCUT2D eigenvalue weighted by Crippen LogP contribution is -3.68. The SMILES string of the molecule is Fc1c(F)c(F)c([I+]C(F)(F)C(F)(F)C(F)(F)C(F)(F)C(F)(F)C(F)(F)C(F)(F)C(F)(F)C(F)(F)C(F)(F)F)c(F)c1F.O=S(=O)([O-])C(F)(F)F. The van der Waals surface area contributed by atoms with Crippen LogP contribution in [0.15, 0.2) is 0 Å². The van der Waals surface area contributed by atoms with Crippen LogP contribution in [0.5, 0.6) is 0 Å². The van der Waals surface area contributed by atoms with E-state index >= 15 is 0 Å². The van der Waals surface area contributed by atoms with Crippen molar-refractivity contribution < 1.29 is 161 Å². The summed E-state index contributed by atoms with van der Waals surface area (Å²) in [7, 11) is -6.09. The highest BCUT2D eigenvalue weighted by atomic mass is 127. The fourth-order valence-electron chi connectivity index (χ4n) is 2.38. The maximum absolute atomic E-state index is 13.9. The summed E-state index contributed by atoms with van der Waals surface area (Å²) in [5.41, 5.74) is -5.65. The number of alkyl halides is 25. The standard InChI is InChI=1S/C16F26I.CHF3O3S/c17-1-2(18)4(20)6(5(21)3(1)19)43-16(41,42)14(36,37)12(32,33)10(28,29)8(24,25)7(22,23)9(26,27)11(30,31)13(34,35)15(38,39)40;2-1(3,4)8(5,6)7/h;(H,5,6,7)/q+1;/p-1. The molecule has 0 aliphatic carbocycles. The van der Waals surface area contributed by atoms with E-state index in [9.17, 15) is 127 Å². The Morgan fingerprint density at radius 2 is 0.569 bits per heavy atom. The molecule has 51 heavy (non-hydrogen) atoms. The molecule has 0 spiro atoms. The Hall–Kier alpha value is -2.17. The highest BCUT2D eigenvalue weighted by Gasteiger charge is 2.99. The van der Waals surface area contributed by atoms with Gasteiger partial charge in [-0.25, -0.2) is 21.6 Å². The summed E-state index contributed by atoms with van der Waals surface area (Å²) < 4.78 is 394. The Morgan fingerprint density at radius 3 is 0.784 bits per heavy atom. The highest BCUT2D eigenvalue weighted by molar-refractivity contribution is 7.86. The summed E-state index contributed by atoms with van der Waals surface area (Å²) in [5.74, 6) is -89.7. The third-order valence-electron chi connectivity index (χ3n) is 5.13. The number of rotatable bonds is 10. The maximum atomic E-state index is 13.9. The predicted molar refractivity (Wildman–Crippen MR) is 91.3 cm³/mol. The minimum absolute atomic E-state index is 3.20. The van der Waals surface area contributed by atoms with Crippen LogP contribution in [-0.2, 0) is 10.1 Å². The summed E-state index contributed by atoms with van der Waals surface area (Å²) in [6.07, 6.45) is -8.14. The topological polar surface area (TPSA) is 57.2 Å². The summed E-state index contributed by atoms with van der Waals surface area (Å²) in [4.78, 5) is 0. The second-order valence-corrected chi connectivity index (χ2v) is 12.8. The molecule has 1 aromatic carbocycles. The summed E-state index contributed by atoms with van der Waals surface area (Å²) in [5, 5.41) is 0. The molecular formula is C17F29IO3S. The van der Waals surface area contributed by atoms with Crippen LogP contribution in [0.2, 0.25) is 0 Å². The number of hydrogen-bond acceptors (Lipinski definition) is 3. The molecule has 0 bridgehead atoms. The quantitative estimate of drug-likeness (QED) is 0.0557. The Labute approximate surface area is 267 Å². The normalized spacial score (nSPS) is 15.5. The summed E-state index contributed by atoms with van der Waals surface area (Å²) >= 11 is -5.47. The fourth-order valence-corrected chi connectivity index (χ4v) is 4.68. The lowest BCUT2D eigenvalue weighted by Gasteiger charge is -2.43. The van der Waals surface area contributed by atoms with Crippen molar-refractivity contribution in [2.45, 2.75) is 63.0 Å². The lowest BCUT2D eigenvalue weighted by molar-refractivity contribution is -0.794. The van der Waals surface area contributed by atoms with Crippen LogP contribution < -0.4 is 21.2 Å². The number of hydrogen-bond donors (Lipinski definition) is 0. The van der Waals surface area contributed by atoms with Crippen LogP contribution in [0.1, 0.15) is 0 Å². The van der Waals surface area contributed by atoms with Crippen molar-refractivity contribution in [2.75, 3.05) is 0 Å². The van der Waals surface area contributed by atoms with E-state index in [1.165, 1.54) is 0 Å². The van der Waals surface area contributed by atoms with Gasteiger partial charge in [-0.3, -0.25) is 0 Å². The Morgan fingerprint density at radius 1 is 0.373 bits per heavy atom. The van der Waals surface area contributed by atoms with Crippen LogP contribution in [0.4, 0.5) is 127 Å². The van der Waals surface area contributed by atoms with Gasteiger partial charge in [-0.2, -0.15) is 114 Å². The Bertz CT molecular complexity index is 1530. The van der Waals surface area contributed by atoms with Crippen molar-refractivity contribution in [3.63, 3.8) is 0 Å². The Kier molecular flexibility index (Phi) is 12.7. The molecule has 0 radical (unpaired) electrons. The Balaban J connectivity index is 0.00000277. The molecule has 0 aliphatic heterocycles. The van der Waals surface area contributed by atoms with Gasteiger partial charge in [0, 0.05) is 0 Å². The van der Waals surface area contributed by atoms with E-state index in [-0.39, 0.29) is 0 Å². The fraction of sp³-hybridized carbons (Fsp3) is 0.647. The van der Waals surface area contributed by atoms with Gasteiger partial charge in [-0.15, -0.1) is 0 Å². The largest absolute Gasteiger partial charge is 0.741 e. The van der Waals surface area contributed by atoms with Crippen LogP contribution in [0, 0.1) is 32.7 Å². The monoisotopic (exact) mass is 962 g/mol. The minimum Gasteiger partial charge on any atom is -0.741 e. The first-order valence-electron chi connectivity index (χ1n) is 10.3. The first-order valence-corrected chi connectivity index (χ1v) is 13.9. The van der Waals surface area contributed by atoms with Crippen LogP contribution >= 0.6 is 0 Å². The van der Waals surface area contributed by atoms with Gasteiger partial charge in [0.05, 0.1) is 0 Å². The molecule has 0 saturated carbocycles. The molecule has 1 rings (SSSR count). The predicted octanol–water partition coefficient (Wildman–Crippen LogP) is 5.93. The number of halogens is 30. The van der Waals surface area contributed by atoms with Gasteiger partial charge in [-0.05, 0) is 0 Å². The molecule has 0 amide bonds. The first kappa shape index (κ1) is 48.8. The number of benzene rings is 1. The van der Waals surface area contributed by atoms with Crippen molar-refractivity contribution in [3.05, 3.63) is 32.7 Å².